The van der Waals surface area contributed by atoms with E-state index >= 15 is 0 Å². The first-order valence-electron chi connectivity index (χ1n) is 5.84. The predicted octanol–water partition coefficient (Wildman–Crippen LogP) is 3.24. The van der Waals surface area contributed by atoms with Crippen LogP contribution in [0.2, 0.25) is 5.02 Å². The zero-order chi connectivity index (χ0) is 15.4. The summed E-state index contributed by atoms with van der Waals surface area (Å²) in [5.41, 5.74) is -0.0284. The molecule has 0 saturated carbocycles. The molecule has 7 heteroatoms. The number of para-hydroxylation sites is 1. The number of aromatic nitrogens is 1. The second-order valence-electron chi connectivity index (χ2n) is 3.91. The van der Waals surface area contributed by atoms with Gasteiger partial charge in [-0.1, -0.05) is 17.7 Å². The highest BCUT2D eigenvalue weighted by Gasteiger charge is 2.16. The number of pyridine rings is 1. The Morgan fingerprint density at radius 2 is 1.86 bits per heavy atom. The van der Waals surface area contributed by atoms with Gasteiger partial charge in [-0.25, -0.2) is 9.78 Å². The molecule has 2 rings (SSSR count). The van der Waals surface area contributed by atoms with Crippen LogP contribution < -0.4 is 14.2 Å². The number of methoxy groups -OCH3 is 2. The van der Waals surface area contributed by atoms with Crippen LogP contribution in [0, 0.1) is 0 Å². The van der Waals surface area contributed by atoms with Gasteiger partial charge in [0.2, 0.25) is 11.6 Å². The number of aromatic carboxylic acids is 1. The molecule has 1 aromatic heterocycles. The summed E-state index contributed by atoms with van der Waals surface area (Å²) in [6, 6.07) is 6.38. The second kappa shape index (κ2) is 6.32. The summed E-state index contributed by atoms with van der Waals surface area (Å²) in [6.45, 7) is 0. The molecule has 0 aliphatic heterocycles. The van der Waals surface area contributed by atoms with E-state index in [0.717, 1.165) is 6.20 Å². The summed E-state index contributed by atoms with van der Waals surface area (Å²) in [5, 5.41) is 8.95. The van der Waals surface area contributed by atoms with Gasteiger partial charge in [0.05, 0.1) is 19.8 Å². The number of ether oxygens (including phenoxy) is 3. The number of hydrogen-bond acceptors (Lipinski definition) is 5. The van der Waals surface area contributed by atoms with E-state index in [-0.39, 0.29) is 16.5 Å². The number of hydrogen-bond donors (Lipinski definition) is 1. The number of halogens is 1. The lowest BCUT2D eigenvalue weighted by Crippen LogP contribution is -2.00. The third-order valence-electron chi connectivity index (χ3n) is 2.64. The highest BCUT2D eigenvalue weighted by Crippen LogP contribution is 2.41. The van der Waals surface area contributed by atoms with E-state index in [4.69, 9.17) is 30.9 Å². The minimum atomic E-state index is -1.12. The zero-order valence-electron chi connectivity index (χ0n) is 11.3. The van der Waals surface area contributed by atoms with E-state index < -0.39 is 5.97 Å². The van der Waals surface area contributed by atoms with Crippen molar-refractivity contribution in [1.29, 1.82) is 0 Å². The van der Waals surface area contributed by atoms with Crippen molar-refractivity contribution in [1.82, 2.24) is 4.98 Å². The molecule has 110 valence electrons. The van der Waals surface area contributed by atoms with Crippen LogP contribution in [0.4, 0.5) is 0 Å². The number of carbonyl (C=O) groups is 1. The van der Waals surface area contributed by atoms with Crippen LogP contribution in [0.25, 0.3) is 0 Å². The van der Waals surface area contributed by atoms with Gasteiger partial charge in [0.1, 0.15) is 5.02 Å². The summed E-state index contributed by atoms with van der Waals surface area (Å²) >= 11 is 5.98. The van der Waals surface area contributed by atoms with Crippen molar-refractivity contribution < 1.29 is 24.1 Å². The Balaban J connectivity index is 2.40. The summed E-state index contributed by atoms with van der Waals surface area (Å²) in [7, 11) is 2.98. The number of benzene rings is 1. The number of carboxylic acid groups (broad SMARTS) is 1. The lowest BCUT2D eigenvalue weighted by molar-refractivity contribution is 0.0696. The molecule has 0 unspecified atom stereocenters. The van der Waals surface area contributed by atoms with Gasteiger partial charge in [-0.05, 0) is 18.2 Å². The normalized spacial score (nSPS) is 10.0. The SMILES string of the molecule is COc1cccc(OC)c1Oc1ncc(C(=O)O)cc1Cl. The molecule has 0 aliphatic rings. The molecule has 0 aliphatic carbocycles. The highest BCUT2D eigenvalue weighted by atomic mass is 35.5. The molecule has 6 nitrogen and oxygen atoms in total. The van der Waals surface area contributed by atoms with E-state index in [9.17, 15) is 4.79 Å². The van der Waals surface area contributed by atoms with Gasteiger partial charge >= 0.3 is 5.97 Å². The van der Waals surface area contributed by atoms with Crippen molar-refractivity contribution in [2.75, 3.05) is 14.2 Å². The maximum Gasteiger partial charge on any atom is 0.337 e. The predicted molar refractivity (Wildman–Crippen MR) is 75.8 cm³/mol. The maximum atomic E-state index is 10.8. The topological polar surface area (TPSA) is 77.9 Å². The molecule has 1 aromatic carbocycles. The molecule has 1 heterocycles. The molecule has 0 amide bonds. The molecular formula is C14H12ClNO5. The molecule has 21 heavy (non-hydrogen) atoms. The number of carboxylic acids is 1. The maximum absolute atomic E-state index is 10.8. The zero-order valence-corrected chi connectivity index (χ0v) is 12.0. The molecule has 0 saturated heterocycles. The average molecular weight is 310 g/mol. The molecule has 2 aromatic rings. The molecule has 0 atom stereocenters. The Hall–Kier alpha value is -2.47. The van der Waals surface area contributed by atoms with Crippen LogP contribution in [0.3, 0.4) is 0 Å². The van der Waals surface area contributed by atoms with Crippen LogP contribution in [0.5, 0.6) is 23.1 Å². The standard InChI is InChI=1S/C14H12ClNO5/c1-19-10-4-3-5-11(20-2)12(10)21-13-9(15)6-8(7-16-13)14(17)18/h3-7H,1-2H3,(H,17,18). The Labute approximate surface area is 125 Å². The van der Waals surface area contributed by atoms with E-state index in [1.807, 2.05) is 0 Å². The summed E-state index contributed by atoms with van der Waals surface area (Å²) in [5.74, 6) is 0.124. The van der Waals surface area contributed by atoms with Gasteiger partial charge in [0.15, 0.2) is 11.5 Å². The summed E-state index contributed by atoms with van der Waals surface area (Å²) in [6.07, 6.45) is 1.16. The first-order valence-corrected chi connectivity index (χ1v) is 6.22. The van der Waals surface area contributed by atoms with Gasteiger partial charge in [-0.3, -0.25) is 0 Å². The Morgan fingerprint density at radius 3 is 2.33 bits per heavy atom. The fourth-order valence-electron chi connectivity index (χ4n) is 1.63. The van der Waals surface area contributed by atoms with E-state index in [1.54, 1.807) is 18.2 Å². The lowest BCUT2D eigenvalue weighted by Gasteiger charge is -2.13. The quantitative estimate of drug-likeness (QED) is 0.913. The monoisotopic (exact) mass is 309 g/mol. The van der Waals surface area contributed by atoms with E-state index in [1.165, 1.54) is 20.3 Å². The van der Waals surface area contributed by atoms with Crippen molar-refractivity contribution >= 4 is 17.6 Å². The second-order valence-corrected chi connectivity index (χ2v) is 4.32. The van der Waals surface area contributed by atoms with Crippen molar-refractivity contribution in [2.24, 2.45) is 0 Å². The third-order valence-corrected chi connectivity index (χ3v) is 2.91. The van der Waals surface area contributed by atoms with Crippen molar-refractivity contribution in [3.05, 3.63) is 41.0 Å². The van der Waals surface area contributed by atoms with Crippen molar-refractivity contribution in [2.45, 2.75) is 0 Å². The number of rotatable bonds is 5. The van der Waals surface area contributed by atoms with Crippen molar-refractivity contribution in [3.8, 4) is 23.1 Å². The fourth-order valence-corrected chi connectivity index (χ4v) is 1.84. The Kier molecular flexibility index (Phi) is 4.49. The van der Waals surface area contributed by atoms with Gasteiger partial charge < -0.3 is 19.3 Å². The lowest BCUT2D eigenvalue weighted by atomic mass is 10.3. The molecule has 0 bridgehead atoms. The molecule has 0 spiro atoms. The van der Waals surface area contributed by atoms with Gasteiger partial charge in [0, 0.05) is 6.20 Å². The van der Waals surface area contributed by atoms with Gasteiger partial charge in [-0.15, -0.1) is 0 Å². The van der Waals surface area contributed by atoms with Crippen molar-refractivity contribution in [3.63, 3.8) is 0 Å². The molecule has 0 radical (unpaired) electrons. The smallest absolute Gasteiger partial charge is 0.337 e. The number of nitrogens with zero attached hydrogens (tertiary/aromatic N) is 1. The highest BCUT2D eigenvalue weighted by molar-refractivity contribution is 6.32. The third kappa shape index (κ3) is 3.17. The Morgan fingerprint density at radius 1 is 1.24 bits per heavy atom. The van der Waals surface area contributed by atoms with Gasteiger partial charge in [0.25, 0.3) is 0 Å². The van der Waals surface area contributed by atoms with Crippen LogP contribution in [0.1, 0.15) is 10.4 Å². The first-order chi connectivity index (χ1) is 10.1. The largest absolute Gasteiger partial charge is 0.493 e. The first kappa shape index (κ1) is 14.9. The van der Waals surface area contributed by atoms with Gasteiger partial charge in [-0.2, -0.15) is 0 Å². The molecular weight excluding hydrogens is 298 g/mol. The summed E-state index contributed by atoms with van der Waals surface area (Å²) in [4.78, 5) is 14.7. The fraction of sp³-hybridized carbons (Fsp3) is 0.143. The summed E-state index contributed by atoms with van der Waals surface area (Å²) < 4.78 is 16.0. The minimum absolute atomic E-state index is 0.0284. The average Bonchev–Trinajstić information content (AvgIpc) is 2.49. The van der Waals surface area contributed by atoms with E-state index in [2.05, 4.69) is 4.98 Å². The van der Waals surface area contributed by atoms with E-state index in [0.29, 0.717) is 17.2 Å². The van der Waals surface area contributed by atoms with Crippen LogP contribution in [0.15, 0.2) is 30.5 Å². The van der Waals surface area contributed by atoms with Crippen LogP contribution >= 0.6 is 11.6 Å². The minimum Gasteiger partial charge on any atom is -0.493 e. The van der Waals surface area contributed by atoms with Crippen LogP contribution in [-0.2, 0) is 0 Å². The molecule has 0 fully saturated rings. The molecule has 1 N–H and O–H groups in total. The Bertz CT molecular complexity index is 652. The van der Waals surface area contributed by atoms with Crippen LogP contribution in [-0.4, -0.2) is 30.3 Å².